The predicted octanol–water partition coefficient (Wildman–Crippen LogP) is 1.54. The van der Waals surface area contributed by atoms with Crippen molar-refractivity contribution in [1.29, 1.82) is 0 Å². The topological polar surface area (TPSA) is 18.5 Å². The lowest BCUT2D eigenvalue weighted by Gasteiger charge is -2.32. The Morgan fingerprint density at radius 1 is 1.28 bits per heavy atom. The maximum Gasteiger partial charge on any atom is 0.0328 e. The van der Waals surface area contributed by atoms with Crippen LogP contribution in [0, 0.1) is 6.92 Å². The zero-order valence-electron chi connectivity index (χ0n) is 11.2. The highest BCUT2D eigenvalue weighted by atomic mass is 32.1. The fourth-order valence-corrected chi connectivity index (χ4v) is 4.02. The molecule has 2 fully saturated rings. The van der Waals surface area contributed by atoms with E-state index in [1.807, 2.05) is 11.3 Å². The Morgan fingerprint density at radius 2 is 2.11 bits per heavy atom. The van der Waals surface area contributed by atoms with E-state index in [0.29, 0.717) is 0 Å². The molecule has 1 atom stereocenters. The van der Waals surface area contributed by atoms with Crippen molar-refractivity contribution in [3.63, 3.8) is 0 Å². The Hall–Kier alpha value is -0.420. The van der Waals surface area contributed by atoms with Gasteiger partial charge in [0.15, 0.2) is 0 Å². The van der Waals surface area contributed by atoms with Gasteiger partial charge in [-0.15, -0.1) is 11.3 Å². The van der Waals surface area contributed by atoms with Crippen molar-refractivity contribution in [2.24, 2.45) is 0 Å². The van der Waals surface area contributed by atoms with Crippen molar-refractivity contribution in [2.75, 3.05) is 39.3 Å². The molecule has 3 heterocycles. The fraction of sp³-hybridized carbons (Fsp3) is 0.714. The molecular weight excluding hydrogens is 242 g/mol. The predicted molar refractivity (Wildman–Crippen MR) is 77.2 cm³/mol. The molecular formula is C14H23N3S. The van der Waals surface area contributed by atoms with Crippen LogP contribution >= 0.6 is 11.3 Å². The molecule has 0 radical (unpaired) electrons. The molecule has 1 unspecified atom stereocenters. The van der Waals surface area contributed by atoms with E-state index in [4.69, 9.17) is 0 Å². The third kappa shape index (κ3) is 2.94. The molecule has 3 nitrogen and oxygen atoms in total. The van der Waals surface area contributed by atoms with Crippen molar-refractivity contribution in [1.82, 2.24) is 15.1 Å². The van der Waals surface area contributed by atoms with Gasteiger partial charge in [0.05, 0.1) is 0 Å². The van der Waals surface area contributed by atoms with E-state index in [1.165, 1.54) is 55.4 Å². The highest BCUT2D eigenvalue weighted by Crippen LogP contribution is 2.22. The fourth-order valence-electron chi connectivity index (χ4n) is 3.09. The van der Waals surface area contributed by atoms with Crippen molar-refractivity contribution in [3.05, 3.63) is 21.9 Å². The van der Waals surface area contributed by atoms with Crippen molar-refractivity contribution >= 4 is 11.3 Å². The van der Waals surface area contributed by atoms with E-state index < -0.39 is 0 Å². The average Bonchev–Trinajstić information content (AvgIpc) is 3.01. The summed E-state index contributed by atoms with van der Waals surface area (Å²) in [6.45, 7) is 10.7. The Labute approximate surface area is 114 Å². The number of likely N-dealkylation sites (tertiary alicyclic amines) is 1. The van der Waals surface area contributed by atoms with Crippen LogP contribution in [0.1, 0.15) is 16.2 Å². The minimum atomic E-state index is 0.799. The quantitative estimate of drug-likeness (QED) is 0.894. The number of hydrogen-bond donors (Lipinski definition) is 1. The van der Waals surface area contributed by atoms with Crippen LogP contribution in [0.2, 0.25) is 0 Å². The summed E-state index contributed by atoms with van der Waals surface area (Å²) in [7, 11) is 0. The van der Waals surface area contributed by atoms with Gasteiger partial charge in [0.1, 0.15) is 0 Å². The van der Waals surface area contributed by atoms with Crippen LogP contribution in [0.25, 0.3) is 0 Å². The molecule has 0 aromatic carbocycles. The van der Waals surface area contributed by atoms with Gasteiger partial charge in [0, 0.05) is 61.6 Å². The molecule has 1 aromatic rings. The van der Waals surface area contributed by atoms with Gasteiger partial charge >= 0.3 is 0 Å². The van der Waals surface area contributed by atoms with E-state index in [1.54, 1.807) is 0 Å². The van der Waals surface area contributed by atoms with Gasteiger partial charge in [-0.25, -0.2) is 0 Å². The van der Waals surface area contributed by atoms with Crippen LogP contribution in [-0.4, -0.2) is 55.1 Å². The molecule has 2 aliphatic rings. The van der Waals surface area contributed by atoms with Crippen molar-refractivity contribution in [2.45, 2.75) is 25.9 Å². The molecule has 1 N–H and O–H groups in total. The van der Waals surface area contributed by atoms with Gasteiger partial charge in [0.2, 0.25) is 0 Å². The lowest BCUT2D eigenvalue weighted by molar-refractivity contribution is 0.170. The van der Waals surface area contributed by atoms with Crippen LogP contribution < -0.4 is 5.32 Å². The van der Waals surface area contributed by atoms with Gasteiger partial charge in [-0.05, 0) is 25.5 Å². The molecule has 2 aliphatic heterocycles. The number of aryl methyl sites for hydroxylation is 1. The summed E-state index contributed by atoms with van der Waals surface area (Å²) in [6.07, 6.45) is 1.35. The zero-order chi connectivity index (χ0) is 12.4. The second-order valence-corrected chi connectivity index (χ2v) is 6.85. The Morgan fingerprint density at radius 3 is 2.83 bits per heavy atom. The van der Waals surface area contributed by atoms with Gasteiger partial charge in [-0.3, -0.25) is 9.80 Å². The zero-order valence-corrected chi connectivity index (χ0v) is 12.0. The van der Waals surface area contributed by atoms with Crippen LogP contribution in [0.15, 0.2) is 12.1 Å². The lowest BCUT2D eigenvalue weighted by atomic mass is 10.2. The van der Waals surface area contributed by atoms with E-state index >= 15 is 0 Å². The normalized spacial score (nSPS) is 26.8. The van der Waals surface area contributed by atoms with E-state index in [2.05, 4.69) is 34.2 Å². The van der Waals surface area contributed by atoms with E-state index in [0.717, 1.165) is 12.6 Å². The number of nitrogens with one attached hydrogen (secondary N) is 1. The molecule has 1 aromatic heterocycles. The molecule has 100 valence electrons. The van der Waals surface area contributed by atoms with E-state index in [-0.39, 0.29) is 0 Å². The van der Waals surface area contributed by atoms with Crippen molar-refractivity contribution in [3.8, 4) is 0 Å². The minimum absolute atomic E-state index is 0.799. The first-order chi connectivity index (χ1) is 8.81. The first-order valence-corrected chi connectivity index (χ1v) is 7.85. The molecule has 0 spiro atoms. The van der Waals surface area contributed by atoms with Gasteiger partial charge in [-0.2, -0.15) is 0 Å². The molecule has 0 bridgehead atoms. The van der Waals surface area contributed by atoms with Crippen molar-refractivity contribution < 1.29 is 0 Å². The SMILES string of the molecule is Cc1ccc(CN2CCC(N3CCNCC3)C2)s1. The lowest BCUT2D eigenvalue weighted by Crippen LogP contribution is -2.49. The van der Waals surface area contributed by atoms with Crippen LogP contribution in [0.3, 0.4) is 0 Å². The highest BCUT2D eigenvalue weighted by Gasteiger charge is 2.28. The number of nitrogens with zero attached hydrogens (tertiary/aromatic N) is 2. The summed E-state index contributed by atoms with van der Waals surface area (Å²) in [5, 5.41) is 3.44. The second kappa shape index (κ2) is 5.70. The van der Waals surface area contributed by atoms with Crippen LogP contribution in [0.4, 0.5) is 0 Å². The Kier molecular flexibility index (Phi) is 3.99. The summed E-state index contributed by atoms with van der Waals surface area (Å²) in [4.78, 5) is 8.25. The number of hydrogen-bond acceptors (Lipinski definition) is 4. The summed E-state index contributed by atoms with van der Waals surface area (Å²) in [6, 6.07) is 5.33. The third-order valence-electron chi connectivity index (χ3n) is 4.09. The molecule has 3 rings (SSSR count). The number of thiophene rings is 1. The number of piperazine rings is 1. The third-order valence-corrected chi connectivity index (χ3v) is 5.08. The minimum Gasteiger partial charge on any atom is -0.314 e. The summed E-state index contributed by atoms with van der Waals surface area (Å²) in [5.74, 6) is 0. The molecule has 2 saturated heterocycles. The molecule has 4 heteroatoms. The van der Waals surface area contributed by atoms with Gasteiger partial charge in [0.25, 0.3) is 0 Å². The molecule has 18 heavy (non-hydrogen) atoms. The monoisotopic (exact) mass is 265 g/mol. The van der Waals surface area contributed by atoms with Gasteiger partial charge < -0.3 is 5.32 Å². The Balaban J connectivity index is 1.51. The smallest absolute Gasteiger partial charge is 0.0328 e. The largest absolute Gasteiger partial charge is 0.314 e. The summed E-state index contributed by atoms with van der Waals surface area (Å²) < 4.78 is 0. The summed E-state index contributed by atoms with van der Waals surface area (Å²) >= 11 is 1.95. The van der Waals surface area contributed by atoms with Crippen LogP contribution in [0.5, 0.6) is 0 Å². The maximum atomic E-state index is 3.44. The number of rotatable bonds is 3. The van der Waals surface area contributed by atoms with Crippen LogP contribution in [-0.2, 0) is 6.54 Å². The molecule has 0 aliphatic carbocycles. The Bertz CT molecular complexity index is 384. The maximum absolute atomic E-state index is 3.44. The standard InChI is InChI=1S/C14H23N3S/c1-12-2-3-14(18-12)11-16-7-4-13(10-16)17-8-5-15-6-9-17/h2-3,13,15H,4-11H2,1H3. The average molecular weight is 265 g/mol. The van der Waals surface area contributed by atoms with Gasteiger partial charge in [-0.1, -0.05) is 0 Å². The van der Waals surface area contributed by atoms with E-state index in [9.17, 15) is 0 Å². The second-order valence-electron chi connectivity index (χ2n) is 5.48. The highest BCUT2D eigenvalue weighted by molar-refractivity contribution is 7.11. The first-order valence-electron chi connectivity index (χ1n) is 7.04. The summed E-state index contributed by atoms with van der Waals surface area (Å²) in [5.41, 5.74) is 0. The molecule has 0 saturated carbocycles. The molecule has 0 amide bonds. The first kappa shape index (κ1) is 12.6.